The zero-order valence-electron chi connectivity index (χ0n) is 27.2. The zero-order valence-corrected chi connectivity index (χ0v) is 28.0. The molecule has 0 bridgehead atoms. The normalized spacial score (nSPS) is 17.3. The van der Waals surface area contributed by atoms with Crippen LogP contribution in [-0.4, -0.2) is 66.4 Å². The highest BCUT2D eigenvalue weighted by molar-refractivity contribution is 7.92. The monoisotopic (exact) mass is 704 g/mol. The number of ether oxygens (including phenoxy) is 1. The molecule has 1 aromatic heterocycles. The molecule has 0 saturated carbocycles. The van der Waals surface area contributed by atoms with Gasteiger partial charge < -0.3 is 15.4 Å². The molecule has 50 heavy (non-hydrogen) atoms. The van der Waals surface area contributed by atoms with Crippen LogP contribution in [0.5, 0.6) is 11.6 Å². The summed E-state index contributed by atoms with van der Waals surface area (Å²) < 4.78 is 60.5. The second-order valence-electron chi connectivity index (χ2n) is 12.2. The molecule has 4 aromatic rings. The van der Waals surface area contributed by atoms with E-state index in [1.807, 2.05) is 13.0 Å². The number of likely N-dealkylation sites (tertiary alicyclic amines) is 1. The van der Waals surface area contributed by atoms with Gasteiger partial charge in [0.25, 0.3) is 11.8 Å². The molecule has 2 aliphatic heterocycles. The predicted molar refractivity (Wildman–Crippen MR) is 181 cm³/mol. The molecule has 1 unspecified atom stereocenters. The number of sulfonamides is 1. The second-order valence-corrected chi connectivity index (χ2v) is 14.0. The Bertz CT molecular complexity index is 2060. The van der Waals surface area contributed by atoms with E-state index in [1.54, 1.807) is 60.7 Å². The average Bonchev–Trinajstić information content (AvgIpc) is 3.32. The molecule has 0 aliphatic carbocycles. The van der Waals surface area contributed by atoms with Gasteiger partial charge in [0, 0.05) is 49.2 Å². The van der Waals surface area contributed by atoms with Crippen LogP contribution in [0.4, 0.5) is 25.0 Å². The summed E-state index contributed by atoms with van der Waals surface area (Å²) in [6.45, 7) is 3.63. The largest absolute Gasteiger partial charge is 0.439 e. The minimum Gasteiger partial charge on any atom is -0.439 e. The van der Waals surface area contributed by atoms with Crippen LogP contribution in [0.1, 0.15) is 46.1 Å². The topological polar surface area (TPSA) is 155 Å². The lowest BCUT2D eigenvalue weighted by Gasteiger charge is -2.38. The van der Waals surface area contributed by atoms with E-state index in [0.717, 1.165) is 23.6 Å². The number of nitrogens with zero attached hydrogens (tertiary/aromatic N) is 4. The highest BCUT2D eigenvalue weighted by Gasteiger charge is 2.50. The first-order chi connectivity index (χ1) is 23.8. The third-order valence-corrected chi connectivity index (χ3v) is 9.30. The van der Waals surface area contributed by atoms with Crippen LogP contribution < -0.4 is 20.1 Å². The van der Waals surface area contributed by atoms with Crippen LogP contribution in [0.3, 0.4) is 0 Å². The van der Waals surface area contributed by atoms with Crippen LogP contribution in [0.2, 0.25) is 0 Å². The number of carbonyl (C=O) groups excluding carboxylic acids is 3. The molecule has 260 valence electrons. The number of aromatic nitrogens is 1. The van der Waals surface area contributed by atoms with Crippen LogP contribution >= 0.6 is 0 Å². The fourth-order valence-corrected chi connectivity index (χ4v) is 6.86. The van der Waals surface area contributed by atoms with Crippen molar-refractivity contribution < 1.29 is 36.3 Å². The number of amides is 4. The van der Waals surface area contributed by atoms with Gasteiger partial charge in [-0.25, -0.2) is 31.9 Å². The van der Waals surface area contributed by atoms with Crippen molar-refractivity contribution in [3.8, 4) is 11.6 Å². The molecular weight excluding hydrogens is 670 g/mol. The molecule has 6 rings (SSSR count). The zero-order chi connectivity index (χ0) is 35.7. The number of hydrogen-bond donors (Lipinski definition) is 2. The third kappa shape index (κ3) is 7.28. The number of piperidine rings is 1. The summed E-state index contributed by atoms with van der Waals surface area (Å²) in [7, 11) is -3.39. The number of hydrogen-bond acceptors (Lipinski definition) is 8. The SMILES string of the molecule is Cc1nc(Oc2ccc(NS(C)(=O)=O)cc2)ccc1CN1CCC(N2C(=O)N(c3cc(C(N)=O)c(F)cc3F)C(=O)C2c2ccccc2)CC1. The number of imide groups is 1. The van der Waals surface area contributed by atoms with Crippen molar-refractivity contribution in [3.63, 3.8) is 0 Å². The summed E-state index contributed by atoms with van der Waals surface area (Å²) in [5, 5.41) is 0. The first-order valence-corrected chi connectivity index (χ1v) is 17.6. The summed E-state index contributed by atoms with van der Waals surface area (Å²) in [4.78, 5) is 48.6. The van der Waals surface area contributed by atoms with Gasteiger partial charge in [-0.2, -0.15) is 0 Å². The van der Waals surface area contributed by atoms with E-state index in [1.165, 1.54) is 4.90 Å². The van der Waals surface area contributed by atoms with E-state index in [0.29, 0.717) is 66.3 Å². The van der Waals surface area contributed by atoms with Crippen molar-refractivity contribution >= 4 is 39.2 Å². The maximum absolute atomic E-state index is 15.1. The molecule has 0 spiro atoms. The molecule has 2 fully saturated rings. The fraction of sp³-hybridized carbons (Fsp3) is 0.257. The van der Waals surface area contributed by atoms with Crippen LogP contribution in [0.15, 0.2) is 78.9 Å². The Morgan fingerprint density at radius 2 is 1.66 bits per heavy atom. The van der Waals surface area contributed by atoms with Crippen LogP contribution in [-0.2, 0) is 21.4 Å². The third-order valence-electron chi connectivity index (χ3n) is 8.70. The van der Waals surface area contributed by atoms with Gasteiger partial charge in [-0.1, -0.05) is 36.4 Å². The number of nitrogens with one attached hydrogen (secondary N) is 1. The molecular formula is C35H34F2N6O6S. The molecule has 12 nitrogen and oxygen atoms in total. The van der Waals surface area contributed by atoms with Gasteiger partial charge in [-0.05, 0) is 61.2 Å². The lowest BCUT2D eigenvalue weighted by Crippen LogP contribution is -2.47. The van der Waals surface area contributed by atoms with Crippen molar-refractivity contribution in [2.75, 3.05) is 29.0 Å². The van der Waals surface area contributed by atoms with Gasteiger partial charge in [0.05, 0.1) is 17.5 Å². The van der Waals surface area contributed by atoms with Crippen molar-refractivity contribution in [1.29, 1.82) is 0 Å². The second kappa shape index (κ2) is 13.8. The number of anilines is 2. The molecule has 2 saturated heterocycles. The Morgan fingerprint density at radius 3 is 2.28 bits per heavy atom. The number of pyridine rings is 1. The summed E-state index contributed by atoms with van der Waals surface area (Å²) in [6, 6.07) is 17.9. The van der Waals surface area contributed by atoms with E-state index >= 15 is 4.39 Å². The molecule has 3 aromatic carbocycles. The minimum absolute atomic E-state index is 0.369. The van der Waals surface area contributed by atoms with Crippen LogP contribution in [0, 0.1) is 18.6 Å². The van der Waals surface area contributed by atoms with E-state index < -0.39 is 56.8 Å². The highest BCUT2D eigenvalue weighted by atomic mass is 32.2. The van der Waals surface area contributed by atoms with Gasteiger partial charge in [0.1, 0.15) is 23.4 Å². The number of benzene rings is 3. The van der Waals surface area contributed by atoms with E-state index in [2.05, 4.69) is 14.6 Å². The van der Waals surface area contributed by atoms with Crippen molar-refractivity contribution in [2.45, 2.75) is 38.4 Å². The van der Waals surface area contributed by atoms with Gasteiger partial charge in [-0.15, -0.1) is 0 Å². The van der Waals surface area contributed by atoms with Gasteiger partial charge in [-0.3, -0.25) is 19.2 Å². The Hall–Kier alpha value is -5.41. The average molecular weight is 705 g/mol. The first-order valence-electron chi connectivity index (χ1n) is 15.7. The standard InChI is InChI=1S/C35H34F2N6O6S/c1-21-23(8-13-31(39-21)49-26-11-9-24(10-12-26)40-50(2,47)48)20-41-16-14-25(15-17-41)42-32(22-6-4-3-5-7-22)34(45)43(35(42)46)30-18-27(33(38)44)28(36)19-29(30)37/h3-13,18-19,25,32,40H,14-17,20H2,1-2H3,(H2,38,44). The number of urea groups is 1. The van der Waals surface area contributed by atoms with Crippen molar-refractivity contribution in [2.24, 2.45) is 5.73 Å². The molecule has 2 aliphatic rings. The maximum Gasteiger partial charge on any atom is 0.332 e. The van der Waals surface area contributed by atoms with Gasteiger partial charge >= 0.3 is 6.03 Å². The van der Waals surface area contributed by atoms with Crippen LogP contribution in [0.25, 0.3) is 0 Å². The van der Waals surface area contributed by atoms with E-state index in [4.69, 9.17) is 10.5 Å². The van der Waals surface area contributed by atoms with E-state index in [9.17, 15) is 27.2 Å². The smallest absolute Gasteiger partial charge is 0.332 e. The van der Waals surface area contributed by atoms with Crippen molar-refractivity contribution in [3.05, 3.63) is 113 Å². The molecule has 1 atom stereocenters. The Morgan fingerprint density at radius 1 is 0.980 bits per heavy atom. The summed E-state index contributed by atoms with van der Waals surface area (Å²) in [6.07, 6.45) is 2.11. The lowest BCUT2D eigenvalue weighted by atomic mass is 9.98. The molecule has 15 heteroatoms. The van der Waals surface area contributed by atoms with Crippen molar-refractivity contribution in [1.82, 2.24) is 14.8 Å². The summed E-state index contributed by atoms with van der Waals surface area (Å²) in [5.41, 5.74) is 6.79. The highest BCUT2D eigenvalue weighted by Crippen LogP contribution is 2.39. The molecule has 3 heterocycles. The Kier molecular flexibility index (Phi) is 9.54. The number of aryl methyl sites for hydroxylation is 1. The molecule has 3 N–H and O–H groups in total. The number of carbonyl (C=O) groups is 3. The Labute approximate surface area is 287 Å². The summed E-state index contributed by atoms with van der Waals surface area (Å²) >= 11 is 0. The number of rotatable bonds is 10. The maximum atomic E-state index is 15.1. The minimum atomic E-state index is -3.39. The fourth-order valence-electron chi connectivity index (χ4n) is 6.30. The molecule has 4 amide bonds. The van der Waals surface area contributed by atoms with Gasteiger partial charge in [0.15, 0.2) is 0 Å². The molecule has 0 radical (unpaired) electrons. The number of nitrogens with two attached hydrogens (primary N) is 1. The first kappa shape index (κ1) is 34.5. The van der Waals surface area contributed by atoms with E-state index in [-0.39, 0.29) is 6.04 Å². The summed E-state index contributed by atoms with van der Waals surface area (Å²) in [5.74, 6) is -3.36. The van der Waals surface area contributed by atoms with Gasteiger partial charge in [0.2, 0.25) is 15.9 Å². The number of halogens is 2. The lowest BCUT2D eigenvalue weighted by molar-refractivity contribution is -0.120. The predicted octanol–water partition coefficient (Wildman–Crippen LogP) is 5.11. The number of primary amides is 1. The Balaban J connectivity index is 1.15. The quantitative estimate of drug-likeness (QED) is 0.216.